The maximum atomic E-state index is 12.0. The maximum absolute atomic E-state index is 12.0. The van der Waals surface area contributed by atoms with E-state index in [9.17, 15) is 4.79 Å². The predicted octanol–water partition coefficient (Wildman–Crippen LogP) is 1.06. The van der Waals surface area contributed by atoms with Gasteiger partial charge in [-0.05, 0) is 45.3 Å². The molecule has 2 heterocycles. The van der Waals surface area contributed by atoms with Crippen molar-refractivity contribution in [3.8, 4) is 0 Å². The van der Waals surface area contributed by atoms with Crippen LogP contribution in [-0.4, -0.2) is 63.3 Å². The van der Waals surface area contributed by atoms with Crippen LogP contribution >= 0.6 is 24.8 Å². The van der Waals surface area contributed by atoms with E-state index in [1.54, 1.807) is 0 Å². The lowest BCUT2D eigenvalue weighted by molar-refractivity contribution is -0.125. The van der Waals surface area contributed by atoms with Crippen molar-refractivity contribution in [3.63, 3.8) is 0 Å². The fraction of sp³-hybridized carbons (Fsp3) is 0.929. The van der Waals surface area contributed by atoms with Crippen molar-refractivity contribution in [1.82, 2.24) is 15.5 Å². The first-order valence-corrected chi connectivity index (χ1v) is 7.65. The first kappa shape index (κ1) is 20.9. The van der Waals surface area contributed by atoms with Gasteiger partial charge in [-0.2, -0.15) is 0 Å². The molecule has 0 bridgehead atoms. The Hall–Kier alpha value is -0.0700. The van der Waals surface area contributed by atoms with Gasteiger partial charge in [0.05, 0.1) is 13.2 Å². The summed E-state index contributed by atoms with van der Waals surface area (Å²) in [4.78, 5) is 14.4. The molecule has 126 valence electrons. The standard InChI is InChI=1S/C14H27N3O2.2ClH/c18-14(13-3-1-5-15-7-4-13)16-6-2-8-17-9-11-19-12-10-17;;/h13,15H,1-12H2,(H,16,18);2*1H. The van der Waals surface area contributed by atoms with Crippen LogP contribution in [0.15, 0.2) is 0 Å². The van der Waals surface area contributed by atoms with Crippen LogP contribution in [0, 0.1) is 5.92 Å². The number of ether oxygens (including phenoxy) is 1. The van der Waals surface area contributed by atoms with Gasteiger partial charge in [-0.25, -0.2) is 0 Å². The lowest BCUT2D eigenvalue weighted by Gasteiger charge is -2.26. The molecule has 1 atom stereocenters. The minimum absolute atomic E-state index is 0. The smallest absolute Gasteiger partial charge is 0.223 e. The Balaban J connectivity index is 0.00000200. The number of amides is 1. The van der Waals surface area contributed by atoms with Gasteiger partial charge in [0.2, 0.25) is 5.91 Å². The zero-order chi connectivity index (χ0) is 13.3. The van der Waals surface area contributed by atoms with Crippen LogP contribution in [0.2, 0.25) is 0 Å². The first-order chi connectivity index (χ1) is 9.36. The zero-order valence-electron chi connectivity index (χ0n) is 12.6. The minimum atomic E-state index is 0. The van der Waals surface area contributed by atoms with Gasteiger partial charge in [-0.1, -0.05) is 0 Å². The normalized spacial score (nSPS) is 23.3. The second-order valence-corrected chi connectivity index (χ2v) is 5.48. The van der Waals surface area contributed by atoms with Crippen LogP contribution in [0.1, 0.15) is 25.7 Å². The van der Waals surface area contributed by atoms with Crippen molar-refractivity contribution in [1.29, 1.82) is 0 Å². The number of hydrogen-bond acceptors (Lipinski definition) is 4. The summed E-state index contributed by atoms with van der Waals surface area (Å²) in [6, 6.07) is 0. The van der Waals surface area contributed by atoms with Gasteiger partial charge in [0.15, 0.2) is 0 Å². The molecule has 0 aromatic rings. The van der Waals surface area contributed by atoms with E-state index >= 15 is 0 Å². The summed E-state index contributed by atoms with van der Waals surface area (Å²) in [6.45, 7) is 7.66. The SMILES string of the molecule is Cl.Cl.O=C(NCCCN1CCOCC1)C1CCCNCC1. The quantitative estimate of drug-likeness (QED) is 0.734. The third kappa shape index (κ3) is 8.21. The Labute approximate surface area is 140 Å². The molecule has 0 spiro atoms. The average Bonchev–Trinajstić information content (AvgIpc) is 2.73. The van der Waals surface area contributed by atoms with E-state index < -0.39 is 0 Å². The molecule has 2 N–H and O–H groups in total. The third-order valence-corrected chi connectivity index (χ3v) is 4.00. The van der Waals surface area contributed by atoms with Crippen molar-refractivity contribution in [2.75, 3.05) is 52.5 Å². The highest BCUT2D eigenvalue weighted by Crippen LogP contribution is 2.13. The van der Waals surface area contributed by atoms with Gasteiger partial charge in [-0.3, -0.25) is 9.69 Å². The molecule has 2 saturated heterocycles. The van der Waals surface area contributed by atoms with E-state index in [-0.39, 0.29) is 36.6 Å². The van der Waals surface area contributed by atoms with Gasteiger partial charge in [-0.15, -0.1) is 24.8 Å². The second-order valence-electron chi connectivity index (χ2n) is 5.48. The van der Waals surface area contributed by atoms with Gasteiger partial charge >= 0.3 is 0 Å². The number of nitrogens with zero attached hydrogens (tertiary/aromatic N) is 1. The monoisotopic (exact) mass is 341 g/mol. The van der Waals surface area contributed by atoms with Gasteiger partial charge in [0.25, 0.3) is 0 Å². The van der Waals surface area contributed by atoms with Crippen LogP contribution in [-0.2, 0) is 9.53 Å². The largest absolute Gasteiger partial charge is 0.379 e. The summed E-state index contributed by atoms with van der Waals surface area (Å²) in [5, 5.41) is 6.44. The summed E-state index contributed by atoms with van der Waals surface area (Å²) in [6.07, 6.45) is 4.17. The second kappa shape index (κ2) is 12.5. The summed E-state index contributed by atoms with van der Waals surface area (Å²) < 4.78 is 5.32. The zero-order valence-corrected chi connectivity index (χ0v) is 14.3. The number of carbonyl (C=O) groups excluding carboxylic acids is 1. The molecule has 5 nitrogen and oxygen atoms in total. The number of nitrogens with one attached hydrogen (secondary N) is 2. The number of rotatable bonds is 5. The highest BCUT2D eigenvalue weighted by Gasteiger charge is 2.19. The van der Waals surface area contributed by atoms with Crippen molar-refractivity contribution in [2.24, 2.45) is 5.92 Å². The Morgan fingerprint density at radius 1 is 1.19 bits per heavy atom. The molecule has 0 aliphatic carbocycles. The fourth-order valence-electron chi connectivity index (χ4n) is 2.76. The summed E-state index contributed by atoms with van der Waals surface area (Å²) in [5.74, 6) is 0.476. The molecule has 2 aliphatic rings. The van der Waals surface area contributed by atoms with E-state index in [0.717, 1.165) is 78.2 Å². The Kier molecular flexibility index (Phi) is 12.4. The molecular formula is C14H29Cl2N3O2. The van der Waals surface area contributed by atoms with Crippen molar-refractivity contribution < 1.29 is 9.53 Å². The average molecular weight is 342 g/mol. The Bertz CT molecular complexity index is 269. The first-order valence-electron chi connectivity index (χ1n) is 7.65. The number of hydrogen-bond donors (Lipinski definition) is 2. The van der Waals surface area contributed by atoms with Crippen LogP contribution < -0.4 is 10.6 Å². The summed E-state index contributed by atoms with van der Waals surface area (Å²) in [5.41, 5.74) is 0. The van der Waals surface area contributed by atoms with Crippen LogP contribution in [0.25, 0.3) is 0 Å². The van der Waals surface area contributed by atoms with E-state index in [0.29, 0.717) is 0 Å². The molecule has 21 heavy (non-hydrogen) atoms. The molecular weight excluding hydrogens is 313 g/mol. The molecule has 0 radical (unpaired) electrons. The minimum Gasteiger partial charge on any atom is -0.379 e. The highest BCUT2D eigenvalue weighted by molar-refractivity contribution is 5.85. The molecule has 1 unspecified atom stereocenters. The van der Waals surface area contributed by atoms with Crippen LogP contribution in [0.5, 0.6) is 0 Å². The van der Waals surface area contributed by atoms with Gasteiger partial charge in [0.1, 0.15) is 0 Å². The van der Waals surface area contributed by atoms with Crippen molar-refractivity contribution in [2.45, 2.75) is 25.7 Å². The molecule has 1 amide bonds. The molecule has 2 rings (SSSR count). The lowest BCUT2D eigenvalue weighted by Crippen LogP contribution is -2.38. The van der Waals surface area contributed by atoms with Crippen LogP contribution in [0.4, 0.5) is 0 Å². The fourth-order valence-corrected chi connectivity index (χ4v) is 2.76. The summed E-state index contributed by atoms with van der Waals surface area (Å²) in [7, 11) is 0. The maximum Gasteiger partial charge on any atom is 0.223 e. The summed E-state index contributed by atoms with van der Waals surface area (Å²) >= 11 is 0. The van der Waals surface area contributed by atoms with Crippen molar-refractivity contribution >= 4 is 30.7 Å². The van der Waals surface area contributed by atoms with Gasteiger partial charge < -0.3 is 15.4 Å². The molecule has 2 aliphatic heterocycles. The molecule has 7 heteroatoms. The number of halogens is 2. The molecule has 0 aromatic heterocycles. The van der Waals surface area contributed by atoms with Crippen molar-refractivity contribution in [3.05, 3.63) is 0 Å². The number of carbonyl (C=O) groups is 1. The Morgan fingerprint density at radius 3 is 2.71 bits per heavy atom. The van der Waals surface area contributed by atoms with Crippen LogP contribution in [0.3, 0.4) is 0 Å². The lowest BCUT2D eigenvalue weighted by atomic mass is 10.00. The molecule has 2 fully saturated rings. The van der Waals surface area contributed by atoms with E-state index in [2.05, 4.69) is 15.5 Å². The van der Waals surface area contributed by atoms with E-state index in [4.69, 9.17) is 4.74 Å². The van der Waals surface area contributed by atoms with Gasteiger partial charge in [0, 0.05) is 25.6 Å². The highest BCUT2D eigenvalue weighted by atomic mass is 35.5. The number of morpholine rings is 1. The molecule has 0 aromatic carbocycles. The Morgan fingerprint density at radius 2 is 1.95 bits per heavy atom. The predicted molar refractivity (Wildman–Crippen MR) is 89.6 cm³/mol. The third-order valence-electron chi connectivity index (χ3n) is 4.00. The molecule has 0 saturated carbocycles. The van der Waals surface area contributed by atoms with E-state index in [1.165, 1.54) is 0 Å². The van der Waals surface area contributed by atoms with E-state index in [1.807, 2.05) is 0 Å². The topological polar surface area (TPSA) is 53.6 Å².